The van der Waals surface area contributed by atoms with Crippen LogP contribution in [0.4, 0.5) is 13.2 Å². The topological polar surface area (TPSA) is 49.7 Å². The first-order valence-electron chi connectivity index (χ1n) is 8.69. The van der Waals surface area contributed by atoms with E-state index in [2.05, 4.69) is 5.10 Å². The summed E-state index contributed by atoms with van der Waals surface area (Å²) in [5.41, 5.74) is 0.974. The van der Waals surface area contributed by atoms with Gasteiger partial charge in [-0.1, -0.05) is 60.7 Å². The Morgan fingerprint density at radius 2 is 1.55 bits per heavy atom. The van der Waals surface area contributed by atoms with E-state index in [1.165, 1.54) is 18.2 Å². The van der Waals surface area contributed by atoms with Crippen LogP contribution in [0.1, 0.15) is 22.3 Å². The summed E-state index contributed by atoms with van der Waals surface area (Å²) in [5.74, 6) is 0. The van der Waals surface area contributed by atoms with Crippen LogP contribution in [0.15, 0.2) is 88.9 Å². The van der Waals surface area contributed by atoms with E-state index in [1.807, 2.05) is 6.07 Å². The number of nitrogens with zero attached hydrogens (tertiary/aromatic N) is 2. The van der Waals surface area contributed by atoms with Gasteiger partial charge in [0.2, 0.25) is 0 Å². The highest BCUT2D eigenvalue weighted by Gasteiger charge is 2.34. The molecule has 3 aromatic carbocycles. The molecule has 148 valence electrons. The molecule has 29 heavy (non-hydrogen) atoms. The van der Waals surface area contributed by atoms with Crippen molar-refractivity contribution in [3.8, 4) is 0 Å². The van der Waals surface area contributed by atoms with Gasteiger partial charge in [-0.05, 0) is 23.8 Å². The predicted octanol–water partition coefficient (Wildman–Crippen LogP) is 4.66. The molecule has 1 aliphatic rings. The minimum atomic E-state index is -4.51. The summed E-state index contributed by atoms with van der Waals surface area (Å²) in [6.45, 7) is -0.309. The maximum atomic E-state index is 13.1. The minimum Gasteiger partial charge on any atom is -0.200 e. The first-order valence-corrected chi connectivity index (χ1v) is 10.1. The number of sulfonamides is 1. The molecule has 4 nitrogen and oxygen atoms in total. The molecule has 0 saturated carbocycles. The van der Waals surface area contributed by atoms with Crippen LogP contribution in [0.25, 0.3) is 0 Å². The van der Waals surface area contributed by atoms with E-state index in [-0.39, 0.29) is 17.0 Å². The molecule has 1 heterocycles. The van der Waals surface area contributed by atoms with Gasteiger partial charge < -0.3 is 0 Å². The lowest BCUT2D eigenvalue weighted by atomic mass is 10.0. The fourth-order valence-electron chi connectivity index (χ4n) is 3.15. The van der Waals surface area contributed by atoms with Crippen molar-refractivity contribution >= 4 is 15.7 Å². The highest BCUT2D eigenvalue weighted by atomic mass is 32.2. The van der Waals surface area contributed by atoms with E-state index in [1.54, 1.807) is 42.5 Å². The van der Waals surface area contributed by atoms with Crippen molar-refractivity contribution in [3.05, 3.63) is 101 Å². The molecule has 0 saturated heterocycles. The van der Waals surface area contributed by atoms with Gasteiger partial charge in [-0.2, -0.15) is 31.1 Å². The van der Waals surface area contributed by atoms with Gasteiger partial charge in [0.15, 0.2) is 0 Å². The quantitative estimate of drug-likeness (QED) is 0.624. The van der Waals surface area contributed by atoms with Crippen molar-refractivity contribution in [1.82, 2.24) is 4.41 Å². The predicted molar refractivity (Wildman–Crippen MR) is 103 cm³/mol. The first-order chi connectivity index (χ1) is 13.8. The molecule has 0 bridgehead atoms. The molecule has 3 aromatic rings. The van der Waals surface area contributed by atoms with E-state index in [4.69, 9.17) is 0 Å². The average molecular weight is 416 g/mol. The number of rotatable bonds is 3. The van der Waals surface area contributed by atoms with Crippen molar-refractivity contribution in [3.63, 3.8) is 0 Å². The standard InChI is InChI=1S/C21H15F3N2O2S/c22-21(23,24)17-10-6-7-15(13-17)14-26-25-20(16-8-2-1-3-9-16)18-11-4-5-12-19(18)29(26,27)28/h1-13H,14H2. The maximum absolute atomic E-state index is 13.1. The Morgan fingerprint density at radius 1 is 0.862 bits per heavy atom. The van der Waals surface area contributed by atoms with E-state index >= 15 is 0 Å². The zero-order chi connectivity index (χ0) is 20.6. The van der Waals surface area contributed by atoms with Crippen LogP contribution in [0.3, 0.4) is 0 Å². The molecule has 0 fully saturated rings. The second-order valence-electron chi connectivity index (χ2n) is 6.49. The third-order valence-electron chi connectivity index (χ3n) is 4.53. The molecule has 4 rings (SSSR count). The van der Waals surface area contributed by atoms with Crippen LogP contribution in [0.2, 0.25) is 0 Å². The van der Waals surface area contributed by atoms with Gasteiger partial charge in [0.1, 0.15) is 5.71 Å². The Kier molecular flexibility index (Phi) is 4.66. The number of hydrazone groups is 1. The van der Waals surface area contributed by atoms with Crippen LogP contribution in [0.5, 0.6) is 0 Å². The third-order valence-corrected chi connectivity index (χ3v) is 6.21. The van der Waals surface area contributed by atoms with Gasteiger partial charge in [-0.3, -0.25) is 0 Å². The Bertz CT molecular complexity index is 1190. The normalized spacial score (nSPS) is 15.6. The second kappa shape index (κ2) is 7.04. The van der Waals surface area contributed by atoms with Crippen molar-refractivity contribution in [2.24, 2.45) is 5.10 Å². The van der Waals surface area contributed by atoms with Crippen molar-refractivity contribution < 1.29 is 21.6 Å². The van der Waals surface area contributed by atoms with E-state index in [0.717, 1.165) is 16.5 Å². The lowest BCUT2D eigenvalue weighted by Crippen LogP contribution is -2.33. The average Bonchev–Trinajstić information content (AvgIpc) is 2.70. The van der Waals surface area contributed by atoms with E-state index in [0.29, 0.717) is 16.8 Å². The molecule has 0 spiro atoms. The third kappa shape index (κ3) is 3.63. The van der Waals surface area contributed by atoms with Crippen LogP contribution in [-0.2, 0) is 22.7 Å². The Morgan fingerprint density at radius 3 is 2.28 bits per heavy atom. The Hall–Kier alpha value is -3.13. The lowest BCUT2D eigenvalue weighted by Gasteiger charge is -2.27. The van der Waals surface area contributed by atoms with Gasteiger partial charge in [-0.25, -0.2) is 0 Å². The van der Waals surface area contributed by atoms with Gasteiger partial charge in [0.25, 0.3) is 10.0 Å². The van der Waals surface area contributed by atoms with Gasteiger partial charge in [0.05, 0.1) is 17.0 Å². The van der Waals surface area contributed by atoms with Crippen molar-refractivity contribution in [2.45, 2.75) is 17.6 Å². The highest BCUT2D eigenvalue weighted by molar-refractivity contribution is 7.89. The number of hydrogen-bond acceptors (Lipinski definition) is 3. The minimum absolute atomic E-state index is 0.0702. The Labute approximate surface area is 166 Å². The molecule has 8 heteroatoms. The first kappa shape index (κ1) is 19.2. The fourth-order valence-corrected chi connectivity index (χ4v) is 4.58. The van der Waals surface area contributed by atoms with Crippen molar-refractivity contribution in [1.29, 1.82) is 0 Å². The van der Waals surface area contributed by atoms with Crippen LogP contribution >= 0.6 is 0 Å². The SMILES string of the molecule is O=S1(=O)c2ccccc2C(c2ccccc2)=NN1Cc1cccc(C(F)(F)F)c1. The summed E-state index contributed by atoms with van der Waals surface area (Å²) in [6.07, 6.45) is -4.51. The summed E-state index contributed by atoms with van der Waals surface area (Å²) in [5, 5.41) is 4.31. The lowest BCUT2D eigenvalue weighted by molar-refractivity contribution is -0.137. The van der Waals surface area contributed by atoms with Gasteiger partial charge in [-0.15, -0.1) is 0 Å². The van der Waals surface area contributed by atoms with Gasteiger partial charge >= 0.3 is 6.18 Å². The largest absolute Gasteiger partial charge is 0.416 e. The summed E-state index contributed by atoms with van der Waals surface area (Å²) < 4.78 is 66.0. The number of benzene rings is 3. The van der Waals surface area contributed by atoms with E-state index < -0.39 is 21.8 Å². The fraction of sp³-hybridized carbons (Fsp3) is 0.0952. The highest BCUT2D eigenvalue weighted by Crippen LogP contribution is 2.32. The molecule has 0 unspecified atom stereocenters. The molecule has 0 N–H and O–H groups in total. The number of alkyl halides is 3. The van der Waals surface area contributed by atoms with Crippen LogP contribution in [0, 0.1) is 0 Å². The molecule has 0 amide bonds. The summed E-state index contributed by atoms with van der Waals surface area (Å²) in [7, 11) is -4.01. The molecule has 0 aromatic heterocycles. The van der Waals surface area contributed by atoms with Crippen LogP contribution in [-0.4, -0.2) is 18.5 Å². The van der Waals surface area contributed by atoms with Crippen molar-refractivity contribution in [2.75, 3.05) is 0 Å². The van der Waals surface area contributed by atoms with Gasteiger partial charge in [0, 0.05) is 11.1 Å². The van der Waals surface area contributed by atoms with E-state index in [9.17, 15) is 21.6 Å². The molecular weight excluding hydrogens is 401 g/mol. The summed E-state index contributed by atoms with van der Waals surface area (Å²) in [4.78, 5) is 0.0702. The van der Waals surface area contributed by atoms with Crippen LogP contribution < -0.4 is 0 Å². The summed E-state index contributed by atoms with van der Waals surface area (Å²) in [6, 6.07) is 20.1. The molecular formula is C21H15F3N2O2S. The molecule has 0 atom stereocenters. The summed E-state index contributed by atoms with van der Waals surface area (Å²) >= 11 is 0. The number of hydrogen-bond donors (Lipinski definition) is 0. The maximum Gasteiger partial charge on any atom is 0.416 e. The Balaban J connectivity index is 1.81. The monoisotopic (exact) mass is 416 g/mol. The molecule has 0 aliphatic carbocycles. The molecule has 0 radical (unpaired) electrons. The second-order valence-corrected chi connectivity index (χ2v) is 8.31. The zero-order valence-electron chi connectivity index (χ0n) is 15.0. The number of fused-ring (bicyclic) bond motifs is 1. The zero-order valence-corrected chi connectivity index (χ0v) is 15.8. The number of halogens is 3. The smallest absolute Gasteiger partial charge is 0.200 e. The molecule has 1 aliphatic heterocycles.